The summed E-state index contributed by atoms with van der Waals surface area (Å²) in [6, 6.07) is 10.7. The highest BCUT2D eigenvalue weighted by Crippen LogP contribution is 2.21. The molecular weight excluding hydrogens is 400 g/mol. The van der Waals surface area contributed by atoms with E-state index < -0.39 is 0 Å². The quantitative estimate of drug-likeness (QED) is 0.667. The van der Waals surface area contributed by atoms with Crippen LogP contribution in [0.5, 0.6) is 0 Å². The van der Waals surface area contributed by atoms with Crippen molar-refractivity contribution < 1.29 is 14.4 Å². The summed E-state index contributed by atoms with van der Waals surface area (Å²) in [5.74, 6) is -0.0975. The van der Waals surface area contributed by atoms with Crippen LogP contribution < -0.4 is 10.6 Å². The minimum atomic E-state index is -0.182. The number of carbonyl (C=O) groups excluding carboxylic acids is 3. The smallest absolute Gasteiger partial charge is 0.255 e. The van der Waals surface area contributed by atoms with E-state index in [0.717, 1.165) is 38.8 Å². The van der Waals surface area contributed by atoms with Gasteiger partial charge in [0, 0.05) is 36.6 Å². The molecule has 0 unspecified atom stereocenters. The lowest BCUT2D eigenvalue weighted by molar-refractivity contribution is -0.113. The number of aromatic nitrogens is 1. The third-order valence-corrected chi connectivity index (χ3v) is 5.99. The number of pyridine rings is 1. The zero-order valence-electron chi connectivity index (χ0n) is 16.6. The molecule has 1 aliphatic heterocycles. The van der Waals surface area contributed by atoms with Crippen molar-refractivity contribution in [3.63, 3.8) is 0 Å². The second kappa shape index (κ2) is 9.30. The molecule has 2 fully saturated rings. The largest absolute Gasteiger partial charge is 0.349 e. The van der Waals surface area contributed by atoms with Crippen molar-refractivity contribution in [2.75, 3.05) is 24.2 Å². The first-order chi connectivity index (χ1) is 14.6. The normalized spacial score (nSPS) is 15.7. The van der Waals surface area contributed by atoms with Gasteiger partial charge < -0.3 is 15.5 Å². The second-order valence-corrected chi connectivity index (χ2v) is 8.55. The monoisotopic (exact) mass is 424 g/mol. The Balaban J connectivity index is 1.27. The summed E-state index contributed by atoms with van der Waals surface area (Å²) in [6.45, 7) is 1.61. The number of hydrogen-bond acceptors (Lipinski definition) is 5. The molecule has 7 nitrogen and oxygen atoms in total. The lowest BCUT2D eigenvalue weighted by Gasteiger charge is -2.14. The van der Waals surface area contributed by atoms with Crippen molar-refractivity contribution >= 4 is 35.2 Å². The Labute approximate surface area is 179 Å². The standard InChI is InChI=1S/C22H24N4O3S/c27-19(24-18-5-3-4-15(12-18)21(28)25-17-7-8-17)14-30-20-9-6-16(13-23-20)22(29)26-10-1-2-11-26/h3-6,9,12-13,17H,1-2,7-8,10-11,14H2,(H,24,27)(H,25,28). The van der Waals surface area contributed by atoms with E-state index in [2.05, 4.69) is 15.6 Å². The number of rotatable bonds is 7. The lowest BCUT2D eigenvalue weighted by Crippen LogP contribution is -2.27. The van der Waals surface area contributed by atoms with Crippen LogP contribution in [-0.4, -0.2) is 52.5 Å². The molecule has 2 heterocycles. The molecule has 1 aliphatic carbocycles. The topological polar surface area (TPSA) is 91.4 Å². The molecule has 1 saturated heterocycles. The van der Waals surface area contributed by atoms with Crippen molar-refractivity contribution in [3.05, 3.63) is 53.7 Å². The molecule has 0 spiro atoms. The number of anilines is 1. The minimum Gasteiger partial charge on any atom is -0.349 e. The van der Waals surface area contributed by atoms with E-state index in [1.165, 1.54) is 11.8 Å². The maximum atomic E-state index is 12.4. The minimum absolute atomic E-state index is 0.0138. The Morgan fingerprint density at radius 1 is 1.07 bits per heavy atom. The van der Waals surface area contributed by atoms with Crippen molar-refractivity contribution in [2.45, 2.75) is 36.8 Å². The van der Waals surface area contributed by atoms with E-state index >= 15 is 0 Å². The number of carbonyl (C=O) groups is 3. The number of nitrogens with zero attached hydrogens (tertiary/aromatic N) is 2. The number of thioether (sulfide) groups is 1. The van der Waals surface area contributed by atoms with Gasteiger partial charge in [-0.1, -0.05) is 17.8 Å². The Bertz CT molecular complexity index is 938. The number of benzene rings is 1. The number of nitrogens with one attached hydrogen (secondary N) is 2. The van der Waals surface area contributed by atoms with Crippen LogP contribution in [0.2, 0.25) is 0 Å². The predicted octanol–water partition coefficient (Wildman–Crippen LogP) is 2.94. The van der Waals surface area contributed by atoms with Gasteiger partial charge in [0.1, 0.15) is 0 Å². The molecule has 2 aromatic rings. The molecule has 0 atom stereocenters. The van der Waals surface area contributed by atoms with Gasteiger partial charge in [0.2, 0.25) is 5.91 Å². The Hall–Kier alpha value is -2.87. The zero-order valence-corrected chi connectivity index (χ0v) is 17.4. The highest BCUT2D eigenvalue weighted by molar-refractivity contribution is 7.99. The summed E-state index contributed by atoms with van der Waals surface area (Å²) < 4.78 is 0. The van der Waals surface area contributed by atoms with Crippen molar-refractivity contribution in [1.29, 1.82) is 0 Å². The van der Waals surface area contributed by atoms with E-state index in [4.69, 9.17) is 0 Å². The number of hydrogen-bond donors (Lipinski definition) is 2. The first kappa shape index (κ1) is 20.4. The fraction of sp³-hybridized carbons (Fsp3) is 0.364. The molecule has 8 heteroatoms. The summed E-state index contributed by atoms with van der Waals surface area (Å²) in [6.07, 6.45) is 5.73. The summed E-state index contributed by atoms with van der Waals surface area (Å²) in [5, 5.41) is 6.43. The van der Waals surface area contributed by atoms with Gasteiger partial charge in [-0.15, -0.1) is 0 Å². The van der Waals surface area contributed by atoms with Gasteiger partial charge in [0.25, 0.3) is 11.8 Å². The number of amides is 3. The second-order valence-electron chi connectivity index (χ2n) is 7.55. The molecule has 0 bridgehead atoms. The van der Waals surface area contributed by atoms with Gasteiger partial charge in [-0.2, -0.15) is 0 Å². The molecule has 1 saturated carbocycles. The van der Waals surface area contributed by atoms with Crippen LogP contribution >= 0.6 is 11.8 Å². The predicted molar refractivity (Wildman–Crippen MR) is 116 cm³/mol. The van der Waals surface area contributed by atoms with E-state index in [0.29, 0.717) is 21.8 Å². The fourth-order valence-electron chi connectivity index (χ4n) is 3.27. The van der Waals surface area contributed by atoms with E-state index in [9.17, 15) is 14.4 Å². The molecular formula is C22H24N4O3S. The van der Waals surface area contributed by atoms with E-state index in [1.54, 1.807) is 42.6 Å². The average molecular weight is 425 g/mol. The summed E-state index contributed by atoms with van der Waals surface area (Å²) in [7, 11) is 0. The fourth-order valence-corrected chi connectivity index (χ4v) is 3.91. The van der Waals surface area contributed by atoms with Crippen LogP contribution in [0.1, 0.15) is 46.4 Å². The maximum Gasteiger partial charge on any atom is 0.255 e. The lowest BCUT2D eigenvalue weighted by atomic mass is 10.2. The number of likely N-dealkylation sites (tertiary alicyclic amines) is 1. The summed E-state index contributed by atoms with van der Waals surface area (Å²) >= 11 is 1.30. The average Bonchev–Trinajstić information content (AvgIpc) is 3.40. The van der Waals surface area contributed by atoms with Gasteiger partial charge in [-0.25, -0.2) is 4.98 Å². The van der Waals surface area contributed by atoms with E-state index in [1.807, 2.05) is 4.90 Å². The summed E-state index contributed by atoms with van der Waals surface area (Å²) in [4.78, 5) is 42.9. The third kappa shape index (κ3) is 5.38. The van der Waals surface area contributed by atoms with Crippen LogP contribution in [0.15, 0.2) is 47.6 Å². The van der Waals surface area contributed by atoms with E-state index in [-0.39, 0.29) is 29.5 Å². The summed E-state index contributed by atoms with van der Waals surface area (Å²) in [5.41, 5.74) is 1.70. The Morgan fingerprint density at radius 3 is 2.57 bits per heavy atom. The van der Waals surface area contributed by atoms with Crippen LogP contribution in [-0.2, 0) is 4.79 Å². The van der Waals surface area contributed by atoms with Crippen LogP contribution in [0.3, 0.4) is 0 Å². The molecule has 3 amide bonds. The molecule has 156 valence electrons. The Kier molecular flexibility index (Phi) is 6.32. The van der Waals surface area contributed by atoms with Crippen LogP contribution in [0.25, 0.3) is 0 Å². The van der Waals surface area contributed by atoms with Crippen LogP contribution in [0, 0.1) is 0 Å². The molecule has 1 aromatic heterocycles. The van der Waals surface area contributed by atoms with Gasteiger partial charge in [-0.05, 0) is 56.0 Å². The Morgan fingerprint density at radius 2 is 1.87 bits per heavy atom. The zero-order chi connectivity index (χ0) is 20.9. The van der Waals surface area contributed by atoms with Gasteiger partial charge in [-0.3, -0.25) is 14.4 Å². The third-order valence-electron chi connectivity index (χ3n) is 5.05. The SMILES string of the molecule is O=C(CSc1ccc(C(=O)N2CCCC2)cn1)Nc1cccc(C(=O)NC2CC2)c1. The first-order valence-corrected chi connectivity index (χ1v) is 11.2. The maximum absolute atomic E-state index is 12.4. The highest BCUT2D eigenvalue weighted by Gasteiger charge is 2.24. The first-order valence-electron chi connectivity index (χ1n) is 10.2. The van der Waals surface area contributed by atoms with Crippen molar-refractivity contribution in [2.24, 2.45) is 0 Å². The molecule has 1 aromatic carbocycles. The molecule has 4 rings (SSSR count). The van der Waals surface area contributed by atoms with Gasteiger partial charge in [0.15, 0.2) is 0 Å². The molecule has 2 aliphatic rings. The molecule has 30 heavy (non-hydrogen) atoms. The van der Waals surface area contributed by atoms with Crippen molar-refractivity contribution in [1.82, 2.24) is 15.2 Å². The van der Waals surface area contributed by atoms with Crippen LogP contribution in [0.4, 0.5) is 5.69 Å². The highest BCUT2D eigenvalue weighted by atomic mass is 32.2. The van der Waals surface area contributed by atoms with Gasteiger partial charge in [0.05, 0.1) is 16.3 Å². The van der Waals surface area contributed by atoms with Crippen molar-refractivity contribution in [3.8, 4) is 0 Å². The van der Waals surface area contributed by atoms with Gasteiger partial charge >= 0.3 is 0 Å². The molecule has 0 radical (unpaired) electrons. The molecule has 2 N–H and O–H groups in total.